The van der Waals surface area contributed by atoms with Crippen molar-refractivity contribution in [1.29, 1.82) is 0 Å². The summed E-state index contributed by atoms with van der Waals surface area (Å²) in [5.41, 5.74) is 13.2. The van der Waals surface area contributed by atoms with E-state index in [-0.39, 0.29) is 0 Å². The molecule has 1 N–H and O–H groups in total. The standard InChI is InChI=1S/C44H44N2/c1-3-5-13-34-19-26-39(27-20-34)45-40-28-23-36(24-29-40)38-25-32-44(43(33-38)37-15-9-7-10-16-37)46(41-17-11-8-12-18-41)42-30-21-35(22-31-42)14-6-4-2/h7-12,15-33,45H,3-6,13-14H2,1-2H3. The lowest BCUT2D eigenvalue weighted by Crippen LogP contribution is -2.11. The van der Waals surface area contributed by atoms with Crippen LogP contribution in [-0.4, -0.2) is 0 Å². The SMILES string of the molecule is CCCCc1ccc(Nc2ccc(-c3ccc(N(c4ccccc4)c4ccc(CCCC)cc4)c(-c4ccccc4)c3)cc2)cc1. The molecule has 2 heteroatoms. The Bertz CT molecular complexity index is 1790. The second kappa shape index (κ2) is 15.3. The van der Waals surface area contributed by atoms with Gasteiger partial charge in [0.1, 0.15) is 0 Å². The maximum atomic E-state index is 3.57. The predicted molar refractivity (Wildman–Crippen MR) is 199 cm³/mol. The Morgan fingerprint density at radius 3 is 1.54 bits per heavy atom. The number of anilines is 5. The molecule has 0 spiro atoms. The molecule has 2 nitrogen and oxygen atoms in total. The average molecular weight is 601 g/mol. The van der Waals surface area contributed by atoms with E-state index in [1.54, 1.807) is 0 Å². The number of rotatable bonds is 13. The molecule has 0 radical (unpaired) electrons. The maximum absolute atomic E-state index is 3.57. The zero-order valence-electron chi connectivity index (χ0n) is 27.1. The van der Waals surface area contributed by atoms with E-state index < -0.39 is 0 Å². The van der Waals surface area contributed by atoms with E-state index in [0.717, 1.165) is 41.3 Å². The van der Waals surface area contributed by atoms with Crippen molar-refractivity contribution in [2.75, 3.05) is 10.2 Å². The van der Waals surface area contributed by atoms with Crippen molar-refractivity contribution >= 4 is 28.4 Å². The van der Waals surface area contributed by atoms with Crippen molar-refractivity contribution in [2.45, 2.75) is 52.4 Å². The molecule has 230 valence electrons. The second-order valence-corrected chi connectivity index (χ2v) is 12.0. The molecular weight excluding hydrogens is 556 g/mol. The lowest BCUT2D eigenvalue weighted by Gasteiger charge is -2.28. The van der Waals surface area contributed by atoms with Crippen molar-refractivity contribution in [2.24, 2.45) is 0 Å². The van der Waals surface area contributed by atoms with Crippen molar-refractivity contribution < 1.29 is 0 Å². The molecule has 0 aliphatic carbocycles. The van der Waals surface area contributed by atoms with Gasteiger partial charge in [-0.15, -0.1) is 0 Å². The summed E-state index contributed by atoms with van der Waals surface area (Å²) in [5, 5.41) is 3.57. The summed E-state index contributed by atoms with van der Waals surface area (Å²) in [6, 6.07) is 55.0. The van der Waals surface area contributed by atoms with Crippen LogP contribution in [0.15, 0.2) is 152 Å². The molecule has 0 unspecified atom stereocenters. The van der Waals surface area contributed by atoms with Crippen LogP contribution in [0.1, 0.15) is 50.7 Å². The minimum Gasteiger partial charge on any atom is -0.356 e. The summed E-state index contributed by atoms with van der Waals surface area (Å²) in [6.07, 6.45) is 7.13. The van der Waals surface area contributed by atoms with Crippen LogP contribution in [0.2, 0.25) is 0 Å². The summed E-state index contributed by atoms with van der Waals surface area (Å²) in [5.74, 6) is 0. The Morgan fingerprint density at radius 2 is 0.957 bits per heavy atom. The number of aryl methyl sites for hydroxylation is 2. The fourth-order valence-corrected chi connectivity index (χ4v) is 6.00. The molecule has 6 rings (SSSR count). The van der Waals surface area contributed by atoms with Crippen molar-refractivity contribution in [1.82, 2.24) is 0 Å². The molecule has 6 aromatic carbocycles. The molecule has 6 aromatic rings. The first-order chi connectivity index (χ1) is 22.7. The molecule has 0 aliphatic rings. The Hall–Kier alpha value is -5.08. The fourth-order valence-electron chi connectivity index (χ4n) is 6.00. The van der Waals surface area contributed by atoms with Crippen LogP contribution in [0, 0.1) is 0 Å². The van der Waals surface area contributed by atoms with E-state index >= 15 is 0 Å². The van der Waals surface area contributed by atoms with Crippen molar-refractivity contribution in [3.05, 3.63) is 163 Å². The number of hydrogen-bond donors (Lipinski definition) is 1. The van der Waals surface area contributed by atoms with Gasteiger partial charge in [-0.25, -0.2) is 0 Å². The summed E-state index contributed by atoms with van der Waals surface area (Å²) >= 11 is 0. The molecule has 0 bridgehead atoms. The predicted octanol–water partition coefficient (Wildman–Crippen LogP) is 12.9. The monoisotopic (exact) mass is 600 g/mol. The van der Waals surface area contributed by atoms with E-state index in [1.165, 1.54) is 59.1 Å². The van der Waals surface area contributed by atoms with Crippen LogP contribution in [0.3, 0.4) is 0 Å². The number of nitrogens with zero attached hydrogens (tertiary/aromatic N) is 1. The Kier molecular flexibility index (Phi) is 10.3. The first-order valence-corrected chi connectivity index (χ1v) is 16.8. The van der Waals surface area contributed by atoms with Gasteiger partial charge in [0.05, 0.1) is 5.69 Å². The first kappa shape index (κ1) is 30.9. The highest BCUT2D eigenvalue weighted by Gasteiger charge is 2.18. The van der Waals surface area contributed by atoms with Gasteiger partial charge >= 0.3 is 0 Å². The van der Waals surface area contributed by atoms with Crippen LogP contribution < -0.4 is 10.2 Å². The summed E-state index contributed by atoms with van der Waals surface area (Å²) in [7, 11) is 0. The van der Waals surface area contributed by atoms with Crippen LogP contribution in [0.5, 0.6) is 0 Å². The van der Waals surface area contributed by atoms with Crippen LogP contribution >= 0.6 is 0 Å². The van der Waals surface area contributed by atoms with Crippen LogP contribution in [-0.2, 0) is 12.8 Å². The lowest BCUT2D eigenvalue weighted by atomic mass is 9.96. The van der Waals surface area contributed by atoms with Gasteiger partial charge < -0.3 is 10.2 Å². The first-order valence-electron chi connectivity index (χ1n) is 16.8. The highest BCUT2D eigenvalue weighted by Crippen LogP contribution is 2.42. The molecule has 0 amide bonds. The fraction of sp³-hybridized carbons (Fsp3) is 0.182. The molecule has 0 atom stereocenters. The van der Waals surface area contributed by atoms with Gasteiger partial charge in [-0.2, -0.15) is 0 Å². The highest BCUT2D eigenvalue weighted by atomic mass is 15.1. The topological polar surface area (TPSA) is 15.3 Å². The number of hydrogen-bond acceptors (Lipinski definition) is 2. The zero-order chi connectivity index (χ0) is 31.6. The maximum Gasteiger partial charge on any atom is 0.0540 e. The van der Waals surface area contributed by atoms with Gasteiger partial charge in [-0.3, -0.25) is 0 Å². The van der Waals surface area contributed by atoms with E-state index in [9.17, 15) is 0 Å². The van der Waals surface area contributed by atoms with E-state index in [2.05, 4.69) is 176 Å². The van der Waals surface area contributed by atoms with Crippen LogP contribution in [0.25, 0.3) is 22.3 Å². The number of para-hydroxylation sites is 1. The summed E-state index contributed by atoms with van der Waals surface area (Å²) < 4.78 is 0. The molecular formula is C44H44N2. The van der Waals surface area contributed by atoms with E-state index in [1.807, 2.05) is 0 Å². The van der Waals surface area contributed by atoms with Gasteiger partial charge in [0.2, 0.25) is 0 Å². The lowest BCUT2D eigenvalue weighted by molar-refractivity contribution is 0.795. The van der Waals surface area contributed by atoms with E-state index in [4.69, 9.17) is 0 Å². The molecule has 0 aliphatic heterocycles. The molecule has 0 aromatic heterocycles. The normalized spacial score (nSPS) is 10.9. The zero-order valence-corrected chi connectivity index (χ0v) is 27.1. The Labute approximate surface area is 275 Å². The van der Waals surface area contributed by atoms with Crippen LogP contribution in [0.4, 0.5) is 28.4 Å². The molecule has 0 saturated heterocycles. The summed E-state index contributed by atoms with van der Waals surface area (Å²) in [4.78, 5) is 2.39. The summed E-state index contributed by atoms with van der Waals surface area (Å²) in [6.45, 7) is 4.49. The van der Waals surface area contributed by atoms with Crippen molar-refractivity contribution in [3.8, 4) is 22.3 Å². The van der Waals surface area contributed by atoms with Gasteiger partial charge in [0.15, 0.2) is 0 Å². The third kappa shape index (κ3) is 7.58. The molecule has 0 heterocycles. The molecule has 0 saturated carbocycles. The number of benzene rings is 6. The quantitative estimate of drug-likeness (QED) is 0.142. The Balaban J connectivity index is 1.33. The van der Waals surface area contributed by atoms with Gasteiger partial charge in [0.25, 0.3) is 0 Å². The van der Waals surface area contributed by atoms with Crippen molar-refractivity contribution in [3.63, 3.8) is 0 Å². The minimum atomic E-state index is 1.09. The highest BCUT2D eigenvalue weighted by molar-refractivity contribution is 5.90. The smallest absolute Gasteiger partial charge is 0.0540 e. The van der Waals surface area contributed by atoms with Gasteiger partial charge in [0, 0.05) is 28.3 Å². The van der Waals surface area contributed by atoms with Gasteiger partial charge in [-0.05, 0) is 114 Å². The molecule has 46 heavy (non-hydrogen) atoms. The minimum absolute atomic E-state index is 1.09. The van der Waals surface area contributed by atoms with E-state index in [0.29, 0.717) is 0 Å². The largest absolute Gasteiger partial charge is 0.356 e. The second-order valence-electron chi connectivity index (χ2n) is 12.0. The third-order valence-electron chi connectivity index (χ3n) is 8.63. The Morgan fingerprint density at radius 1 is 0.457 bits per heavy atom. The number of unbranched alkanes of at least 4 members (excludes halogenated alkanes) is 2. The third-order valence-corrected chi connectivity index (χ3v) is 8.63. The number of nitrogens with one attached hydrogen (secondary N) is 1. The van der Waals surface area contributed by atoms with Gasteiger partial charge in [-0.1, -0.05) is 118 Å². The molecule has 0 fully saturated rings. The average Bonchev–Trinajstić information content (AvgIpc) is 3.12.